The second-order valence-corrected chi connectivity index (χ2v) is 6.64. The van der Waals surface area contributed by atoms with Crippen LogP contribution in [0.4, 0.5) is 5.13 Å². The Bertz CT molecular complexity index is 617. The molecule has 2 aromatic rings. The molecular weight excluding hydrogens is 292 g/mol. The normalized spacial score (nSPS) is 15.7. The number of carbonyl (C=O) groups excluding carboxylic acids is 1. The van der Waals surface area contributed by atoms with Gasteiger partial charge in [-0.1, -0.05) is 49.6 Å². The van der Waals surface area contributed by atoms with Gasteiger partial charge in [0.05, 0.1) is 5.69 Å². The fourth-order valence-corrected chi connectivity index (χ4v) is 3.99. The summed E-state index contributed by atoms with van der Waals surface area (Å²) in [5.41, 5.74) is 2.06. The molecule has 0 aliphatic heterocycles. The predicted molar refractivity (Wildman–Crippen MR) is 92.2 cm³/mol. The number of aromatic nitrogens is 1. The molecule has 1 heterocycles. The third-order valence-electron chi connectivity index (χ3n) is 4.33. The van der Waals surface area contributed by atoms with Crippen molar-refractivity contribution in [2.24, 2.45) is 5.92 Å². The van der Waals surface area contributed by atoms with Crippen molar-refractivity contribution in [3.05, 3.63) is 35.7 Å². The fraction of sp³-hybridized carbons (Fsp3) is 0.444. The van der Waals surface area contributed by atoms with Crippen molar-refractivity contribution in [3.8, 4) is 11.3 Å². The Labute approximate surface area is 136 Å². The van der Waals surface area contributed by atoms with E-state index in [1.54, 1.807) is 11.3 Å². The number of carbonyl (C=O) groups is 1. The van der Waals surface area contributed by atoms with Crippen LogP contribution in [0.1, 0.15) is 39.0 Å². The number of amides is 1. The van der Waals surface area contributed by atoms with Crippen LogP contribution in [0.15, 0.2) is 35.7 Å². The Morgan fingerprint density at radius 3 is 2.64 bits per heavy atom. The third kappa shape index (κ3) is 3.22. The van der Waals surface area contributed by atoms with Crippen molar-refractivity contribution in [1.29, 1.82) is 0 Å². The van der Waals surface area contributed by atoms with E-state index in [0.717, 1.165) is 29.2 Å². The second kappa shape index (κ2) is 7.05. The molecule has 1 aliphatic rings. The first-order chi connectivity index (χ1) is 10.8. The quantitative estimate of drug-likeness (QED) is 0.816. The van der Waals surface area contributed by atoms with E-state index < -0.39 is 0 Å². The molecular formula is C18H22N2OS. The smallest absolute Gasteiger partial charge is 0.231 e. The Kier molecular flexibility index (Phi) is 4.88. The number of nitrogens with zero attached hydrogens (tertiary/aromatic N) is 2. The van der Waals surface area contributed by atoms with Crippen molar-refractivity contribution in [1.82, 2.24) is 4.98 Å². The highest BCUT2D eigenvalue weighted by Crippen LogP contribution is 2.31. The molecule has 0 unspecified atom stereocenters. The zero-order chi connectivity index (χ0) is 15.4. The van der Waals surface area contributed by atoms with Crippen LogP contribution >= 0.6 is 11.3 Å². The van der Waals surface area contributed by atoms with Crippen LogP contribution in [0.25, 0.3) is 11.3 Å². The van der Waals surface area contributed by atoms with Crippen LogP contribution in [0, 0.1) is 5.92 Å². The maximum Gasteiger partial charge on any atom is 0.231 e. The summed E-state index contributed by atoms with van der Waals surface area (Å²) in [7, 11) is 0. The van der Waals surface area contributed by atoms with Crippen LogP contribution in [-0.4, -0.2) is 17.4 Å². The van der Waals surface area contributed by atoms with E-state index in [-0.39, 0.29) is 11.8 Å². The molecule has 22 heavy (non-hydrogen) atoms. The van der Waals surface area contributed by atoms with Crippen LogP contribution < -0.4 is 4.90 Å². The van der Waals surface area contributed by atoms with E-state index in [0.29, 0.717) is 6.54 Å². The number of thiazole rings is 1. The zero-order valence-electron chi connectivity index (χ0n) is 13.0. The van der Waals surface area contributed by atoms with Crippen molar-refractivity contribution >= 4 is 22.4 Å². The van der Waals surface area contributed by atoms with Crippen molar-refractivity contribution in [3.63, 3.8) is 0 Å². The summed E-state index contributed by atoms with van der Waals surface area (Å²) >= 11 is 1.56. The molecule has 0 atom stereocenters. The van der Waals surface area contributed by atoms with Crippen molar-refractivity contribution < 1.29 is 4.79 Å². The summed E-state index contributed by atoms with van der Waals surface area (Å²) in [5.74, 6) is 0.453. The summed E-state index contributed by atoms with van der Waals surface area (Å²) in [6.07, 6.45) is 5.70. The Hall–Kier alpha value is -1.68. The maximum atomic E-state index is 12.8. The lowest BCUT2D eigenvalue weighted by molar-refractivity contribution is -0.123. The van der Waals surface area contributed by atoms with Gasteiger partial charge in [0, 0.05) is 23.4 Å². The Morgan fingerprint density at radius 2 is 1.95 bits per heavy atom. The topological polar surface area (TPSA) is 33.2 Å². The van der Waals surface area contributed by atoms with Crippen LogP contribution in [0.3, 0.4) is 0 Å². The Balaban J connectivity index is 1.79. The lowest BCUT2D eigenvalue weighted by atomic mass is 9.88. The highest BCUT2D eigenvalue weighted by atomic mass is 32.1. The SMILES string of the molecule is CCN(C(=O)C1CCCCC1)c1nc(-c2ccccc2)cs1. The third-order valence-corrected chi connectivity index (χ3v) is 5.19. The van der Waals surface area contributed by atoms with Gasteiger partial charge in [-0.3, -0.25) is 9.69 Å². The molecule has 116 valence electrons. The number of hydrogen-bond acceptors (Lipinski definition) is 3. The monoisotopic (exact) mass is 314 g/mol. The van der Waals surface area contributed by atoms with Gasteiger partial charge in [-0.05, 0) is 19.8 Å². The van der Waals surface area contributed by atoms with Gasteiger partial charge in [0.2, 0.25) is 5.91 Å². The van der Waals surface area contributed by atoms with E-state index in [1.165, 1.54) is 19.3 Å². The summed E-state index contributed by atoms with van der Waals surface area (Å²) in [6, 6.07) is 10.1. The standard InChI is InChI=1S/C18H22N2OS/c1-2-20(17(21)15-11-7-4-8-12-15)18-19-16(13-22-18)14-9-5-3-6-10-14/h3,5-6,9-10,13,15H,2,4,7-8,11-12H2,1H3. The molecule has 1 aromatic heterocycles. The fourth-order valence-electron chi connectivity index (χ4n) is 3.09. The first-order valence-corrected chi connectivity index (χ1v) is 9.00. The highest BCUT2D eigenvalue weighted by Gasteiger charge is 2.27. The predicted octanol–water partition coefficient (Wildman–Crippen LogP) is 4.74. The molecule has 1 aliphatic carbocycles. The summed E-state index contributed by atoms with van der Waals surface area (Å²) in [4.78, 5) is 19.3. The van der Waals surface area contributed by atoms with E-state index in [1.807, 2.05) is 35.4 Å². The Morgan fingerprint density at radius 1 is 1.23 bits per heavy atom. The van der Waals surface area contributed by atoms with E-state index in [2.05, 4.69) is 12.1 Å². The zero-order valence-corrected chi connectivity index (χ0v) is 13.8. The van der Waals surface area contributed by atoms with Crippen molar-refractivity contribution in [2.45, 2.75) is 39.0 Å². The lowest BCUT2D eigenvalue weighted by Gasteiger charge is -2.26. The van der Waals surface area contributed by atoms with Gasteiger partial charge in [-0.15, -0.1) is 11.3 Å². The van der Waals surface area contributed by atoms with E-state index >= 15 is 0 Å². The molecule has 0 saturated heterocycles. The molecule has 1 amide bonds. The van der Waals surface area contributed by atoms with Crippen LogP contribution in [0.2, 0.25) is 0 Å². The summed E-state index contributed by atoms with van der Waals surface area (Å²) < 4.78 is 0. The minimum atomic E-state index is 0.192. The number of anilines is 1. The second-order valence-electron chi connectivity index (χ2n) is 5.80. The number of rotatable bonds is 4. The van der Waals surface area contributed by atoms with Gasteiger partial charge in [0.15, 0.2) is 5.13 Å². The molecule has 1 saturated carbocycles. The lowest BCUT2D eigenvalue weighted by Crippen LogP contribution is -2.36. The van der Waals surface area contributed by atoms with Gasteiger partial charge >= 0.3 is 0 Å². The molecule has 0 bridgehead atoms. The number of benzene rings is 1. The van der Waals surface area contributed by atoms with Gasteiger partial charge in [0.1, 0.15) is 0 Å². The molecule has 0 spiro atoms. The largest absolute Gasteiger partial charge is 0.288 e. The highest BCUT2D eigenvalue weighted by molar-refractivity contribution is 7.14. The maximum absolute atomic E-state index is 12.8. The molecule has 1 aromatic carbocycles. The van der Waals surface area contributed by atoms with Gasteiger partial charge in [0.25, 0.3) is 0 Å². The van der Waals surface area contributed by atoms with Gasteiger partial charge in [-0.25, -0.2) is 4.98 Å². The number of hydrogen-bond donors (Lipinski definition) is 0. The minimum Gasteiger partial charge on any atom is -0.288 e. The minimum absolute atomic E-state index is 0.192. The molecule has 4 heteroatoms. The van der Waals surface area contributed by atoms with Crippen LogP contribution in [0.5, 0.6) is 0 Å². The summed E-state index contributed by atoms with van der Waals surface area (Å²) in [6.45, 7) is 2.72. The van der Waals surface area contributed by atoms with E-state index in [9.17, 15) is 4.79 Å². The average Bonchev–Trinajstić information content (AvgIpc) is 3.07. The molecule has 0 radical (unpaired) electrons. The van der Waals surface area contributed by atoms with Crippen molar-refractivity contribution in [2.75, 3.05) is 11.4 Å². The van der Waals surface area contributed by atoms with Gasteiger partial charge in [-0.2, -0.15) is 0 Å². The molecule has 3 rings (SSSR count). The first kappa shape index (κ1) is 15.2. The first-order valence-electron chi connectivity index (χ1n) is 8.12. The van der Waals surface area contributed by atoms with Gasteiger partial charge < -0.3 is 0 Å². The van der Waals surface area contributed by atoms with Crippen LogP contribution in [-0.2, 0) is 4.79 Å². The molecule has 3 nitrogen and oxygen atoms in total. The summed E-state index contributed by atoms with van der Waals surface area (Å²) in [5, 5.41) is 2.87. The molecule has 0 N–H and O–H groups in total. The average molecular weight is 314 g/mol. The molecule has 1 fully saturated rings. The van der Waals surface area contributed by atoms with E-state index in [4.69, 9.17) is 4.98 Å².